The lowest BCUT2D eigenvalue weighted by Gasteiger charge is -2.32. The number of ether oxygens (including phenoxy) is 1. The molecule has 2 fully saturated rings. The van der Waals surface area contributed by atoms with Crippen LogP contribution in [-0.2, 0) is 22.6 Å². The lowest BCUT2D eigenvalue weighted by atomic mass is 10.0. The van der Waals surface area contributed by atoms with Gasteiger partial charge in [-0.3, -0.25) is 4.79 Å². The third-order valence-corrected chi connectivity index (χ3v) is 5.27. The maximum Gasteiger partial charge on any atom is 0.252 e. The molecule has 6 heteroatoms. The molecule has 0 radical (unpaired) electrons. The van der Waals surface area contributed by atoms with Crippen LogP contribution in [0, 0.1) is 6.92 Å². The van der Waals surface area contributed by atoms with Crippen LogP contribution in [0.2, 0.25) is 0 Å². The fraction of sp³-hybridized carbons (Fsp3) is 0.550. The molecule has 0 spiro atoms. The molecule has 1 aliphatic heterocycles. The molecule has 2 aromatic rings. The summed E-state index contributed by atoms with van der Waals surface area (Å²) in [7, 11) is 0. The summed E-state index contributed by atoms with van der Waals surface area (Å²) in [6.45, 7) is 3.90. The van der Waals surface area contributed by atoms with Gasteiger partial charge in [0.25, 0.3) is 5.89 Å². The summed E-state index contributed by atoms with van der Waals surface area (Å²) in [5, 5.41) is 4.01. The molecule has 26 heavy (non-hydrogen) atoms. The number of nitrogens with zero attached hydrogens (tertiary/aromatic N) is 3. The predicted molar refractivity (Wildman–Crippen MR) is 95.5 cm³/mol. The van der Waals surface area contributed by atoms with E-state index >= 15 is 0 Å². The Morgan fingerprint density at radius 3 is 2.73 bits per heavy atom. The number of likely N-dealkylation sites (tertiary alicyclic amines) is 1. The molecule has 0 N–H and O–H groups in total. The van der Waals surface area contributed by atoms with Crippen LogP contribution in [-0.4, -0.2) is 40.1 Å². The van der Waals surface area contributed by atoms with Crippen molar-refractivity contribution in [1.82, 2.24) is 15.0 Å². The fourth-order valence-corrected chi connectivity index (χ4v) is 3.38. The highest BCUT2D eigenvalue weighted by atomic mass is 16.5. The minimum atomic E-state index is 0.147. The number of rotatable bonds is 6. The number of hydrogen-bond acceptors (Lipinski definition) is 5. The van der Waals surface area contributed by atoms with Gasteiger partial charge in [-0.25, -0.2) is 0 Å². The molecule has 4 rings (SSSR count). The number of piperidine rings is 1. The highest BCUT2D eigenvalue weighted by molar-refractivity contribution is 5.79. The second-order valence-corrected chi connectivity index (χ2v) is 7.31. The Morgan fingerprint density at radius 2 is 2.00 bits per heavy atom. The Bertz CT molecular complexity index is 761. The summed E-state index contributed by atoms with van der Waals surface area (Å²) >= 11 is 0. The van der Waals surface area contributed by atoms with E-state index in [1.54, 1.807) is 0 Å². The summed E-state index contributed by atoms with van der Waals surface area (Å²) in [6.07, 6.45) is 4.65. The van der Waals surface area contributed by atoms with Crippen molar-refractivity contribution in [1.29, 1.82) is 0 Å². The topological polar surface area (TPSA) is 68.5 Å². The van der Waals surface area contributed by atoms with Gasteiger partial charge in [-0.2, -0.15) is 4.98 Å². The molecular weight excluding hydrogens is 330 g/mol. The first-order chi connectivity index (χ1) is 12.7. The molecule has 2 heterocycles. The second kappa shape index (κ2) is 7.58. The lowest BCUT2D eigenvalue weighted by molar-refractivity contribution is -0.133. The summed E-state index contributed by atoms with van der Waals surface area (Å²) in [5.41, 5.74) is 2.28. The number of benzene rings is 1. The van der Waals surface area contributed by atoms with Crippen LogP contribution >= 0.6 is 0 Å². The molecule has 1 aromatic heterocycles. The molecule has 6 nitrogen and oxygen atoms in total. The van der Waals surface area contributed by atoms with E-state index in [0.717, 1.165) is 50.2 Å². The number of carbonyl (C=O) groups is 1. The number of aryl methyl sites for hydroxylation is 1. The zero-order valence-corrected chi connectivity index (χ0v) is 15.2. The summed E-state index contributed by atoms with van der Waals surface area (Å²) in [5.74, 6) is 2.07. The van der Waals surface area contributed by atoms with Crippen molar-refractivity contribution in [3.8, 4) is 0 Å². The average molecular weight is 355 g/mol. The largest absolute Gasteiger partial charge is 0.368 e. The maximum absolute atomic E-state index is 12.5. The maximum atomic E-state index is 12.5. The zero-order valence-electron chi connectivity index (χ0n) is 15.2. The third-order valence-electron chi connectivity index (χ3n) is 5.27. The lowest BCUT2D eigenvalue weighted by Crippen LogP contribution is -2.41. The fourth-order valence-electron chi connectivity index (χ4n) is 3.38. The van der Waals surface area contributed by atoms with Crippen LogP contribution in [0.3, 0.4) is 0 Å². The highest BCUT2D eigenvalue weighted by Gasteiger charge is 2.29. The molecule has 138 valence electrons. The van der Waals surface area contributed by atoms with Gasteiger partial charge in [0.05, 0.1) is 12.5 Å². The van der Waals surface area contributed by atoms with Crippen LogP contribution < -0.4 is 0 Å². The van der Waals surface area contributed by atoms with E-state index in [9.17, 15) is 4.79 Å². The van der Waals surface area contributed by atoms with E-state index < -0.39 is 0 Å². The first-order valence-corrected chi connectivity index (χ1v) is 9.45. The molecule has 1 aliphatic carbocycles. The Labute approximate surface area is 153 Å². The number of aromatic nitrogens is 2. The third kappa shape index (κ3) is 4.12. The van der Waals surface area contributed by atoms with Crippen molar-refractivity contribution in [3.05, 3.63) is 47.1 Å². The standard InChI is InChI=1S/C20H25N3O3/c1-14-4-2-3-5-16(14)12-19(24)23-10-8-17(9-11-23)25-13-18-21-20(22-26-18)15-6-7-15/h2-5,15,17H,6-13H2,1H3. The first-order valence-electron chi connectivity index (χ1n) is 9.45. The Balaban J connectivity index is 1.22. The molecule has 1 amide bonds. The summed E-state index contributed by atoms with van der Waals surface area (Å²) in [4.78, 5) is 18.9. The monoisotopic (exact) mass is 355 g/mol. The smallest absolute Gasteiger partial charge is 0.252 e. The highest BCUT2D eigenvalue weighted by Crippen LogP contribution is 2.38. The van der Waals surface area contributed by atoms with Crippen LogP contribution in [0.4, 0.5) is 0 Å². The minimum absolute atomic E-state index is 0.147. The van der Waals surface area contributed by atoms with E-state index in [1.165, 1.54) is 5.56 Å². The number of amides is 1. The molecule has 0 atom stereocenters. The van der Waals surface area contributed by atoms with Gasteiger partial charge >= 0.3 is 0 Å². The van der Waals surface area contributed by atoms with Crippen molar-refractivity contribution in [2.24, 2.45) is 0 Å². The first kappa shape index (κ1) is 17.2. The van der Waals surface area contributed by atoms with Crippen LogP contribution in [0.1, 0.15) is 54.4 Å². The average Bonchev–Trinajstić information content (AvgIpc) is 3.40. The van der Waals surface area contributed by atoms with E-state index in [-0.39, 0.29) is 12.0 Å². The van der Waals surface area contributed by atoms with Crippen LogP contribution in [0.25, 0.3) is 0 Å². The normalized spacial score (nSPS) is 18.3. The van der Waals surface area contributed by atoms with E-state index in [1.807, 2.05) is 23.1 Å². The zero-order chi connectivity index (χ0) is 17.9. The summed E-state index contributed by atoms with van der Waals surface area (Å²) in [6, 6.07) is 8.07. The van der Waals surface area contributed by atoms with E-state index in [2.05, 4.69) is 23.1 Å². The van der Waals surface area contributed by atoms with Crippen molar-refractivity contribution in [3.63, 3.8) is 0 Å². The van der Waals surface area contributed by atoms with Gasteiger partial charge < -0.3 is 14.2 Å². The van der Waals surface area contributed by atoms with E-state index in [0.29, 0.717) is 24.8 Å². The van der Waals surface area contributed by atoms with Crippen molar-refractivity contribution in [2.45, 2.75) is 57.7 Å². The second-order valence-electron chi connectivity index (χ2n) is 7.31. The Hall–Kier alpha value is -2.21. The molecule has 1 saturated carbocycles. The Kier molecular flexibility index (Phi) is 5.02. The van der Waals surface area contributed by atoms with Crippen molar-refractivity contribution < 1.29 is 14.1 Å². The summed E-state index contributed by atoms with van der Waals surface area (Å²) < 4.78 is 11.2. The molecule has 1 aromatic carbocycles. The molecule has 0 unspecified atom stereocenters. The van der Waals surface area contributed by atoms with Gasteiger partial charge in [-0.1, -0.05) is 29.4 Å². The van der Waals surface area contributed by atoms with Gasteiger partial charge in [0.2, 0.25) is 5.91 Å². The minimum Gasteiger partial charge on any atom is -0.368 e. The molecule has 2 aliphatic rings. The van der Waals surface area contributed by atoms with Gasteiger partial charge in [0.1, 0.15) is 6.61 Å². The van der Waals surface area contributed by atoms with Crippen molar-refractivity contribution >= 4 is 5.91 Å². The molecule has 0 bridgehead atoms. The SMILES string of the molecule is Cc1ccccc1CC(=O)N1CCC(OCc2nc(C3CC3)no2)CC1. The van der Waals surface area contributed by atoms with E-state index in [4.69, 9.17) is 9.26 Å². The number of hydrogen-bond donors (Lipinski definition) is 0. The quantitative estimate of drug-likeness (QED) is 0.797. The van der Waals surface area contributed by atoms with Gasteiger partial charge in [-0.15, -0.1) is 0 Å². The molecule has 1 saturated heterocycles. The van der Waals surface area contributed by atoms with Gasteiger partial charge in [0.15, 0.2) is 5.82 Å². The van der Waals surface area contributed by atoms with Crippen LogP contribution in [0.5, 0.6) is 0 Å². The van der Waals surface area contributed by atoms with Gasteiger partial charge in [-0.05, 0) is 43.7 Å². The van der Waals surface area contributed by atoms with Crippen LogP contribution in [0.15, 0.2) is 28.8 Å². The van der Waals surface area contributed by atoms with Crippen molar-refractivity contribution in [2.75, 3.05) is 13.1 Å². The predicted octanol–water partition coefficient (Wildman–Crippen LogP) is 3.01. The van der Waals surface area contributed by atoms with Gasteiger partial charge in [0, 0.05) is 19.0 Å². The molecular formula is C20H25N3O3. The number of carbonyl (C=O) groups excluding carboxylic acids is 1. The Morgan fingerprint density at radius 1 is 1.23 bits per heavy atom.